The van der Waals surface area contributed by atoms with Crippen molar-refractivity contribution in [2.24, 2.45) is 0 Å². The van der Waals surface area contributed by atoms with Crippen molar-refractivity contribution in [3.63, 3.8) is 0 Å². The monoisotopic (exact) mass is 292 g/mol. The molecule has 1 saturated carbocycles. The number of nitro benzene ring substituents is 1. The maximum absolute atomic E-state index is 12.6. The molecule has 1 N–H and O–H groups in total. The summed E-state index contributed by atoms with van der Waals surface area (Å²) in [6, 6.07) is 5.80. The Balaban J connectivity index is 2.14. The molecular formula is C15H20N2O4. The van der Waals surface area contributed by atoms with Crippen LogP contribution in [0.15, 0.2) is 24.3 Å². The Bertz CT molecular complexity index is 495. The highest BCUT2D eigenvalue weighted by molar-refractivity contribution is 5.94. The highest BCUT2D eigenvalue weighted by Crippen LogP contribution is 2.24. The molecule has 1 aromatic rings. The Labute approximate surface area is 123 Å². The lowest BCUT2D eigenvalue weighted by atomic mass is 9.93. The number of hydrogen-bond acceptors (Lipinski definition) is 4. The molecule has 0 saturated heterocycles. The fourth-order valence-electron chi connectivity index (χ4n) is 2.84. The molecule has 0 unspecified atom stereocenters. The fourth-order valence-corrected chi connectivity index (χ4v) is 2.84. The standard InChI is InChI=1S/C15H20N2O4/c18-11-10-16(13-4-2-1-3-5-13)15(19)12-6-8-14(9-7-12)17(20)21/h6-9,13,18H,1-5,10-11H2. The summed E-state index contributed by atoms with van der Waals surface area (Å²) >= 11 is 0. The van der Waals surface area contributed by atoms with E-state index in [-0.39, 0.29) is 24.2 Å². The van der Waals surface area contributed by atoms with Crippen molar-refractivity contribution >= 4 is 11.6 Å². The number of nitro groups is 1. The molecule has 0 atom stereocenters. The van der Waals surface area contributed by atoms with Gasteiger partial charge in [-0.25, -0.2) is 0 Å². The summed E-state index contributed by atoms with van der Waals surface area (Å²) < 4.78 is 0. The Morgan fingerprint density at radius 3 is 2.38 bits per heavy atom. The smallest absolute Gasteiger partial charge is 0.269 e. The van der Waals surface area contributed by atoms with Crippen molar-refractivity contribution < 1.29 is 14.8 Å². The number of aliphatic hydroxyl groups is 1. The number of amides is 1. The first-order chi connectivity index (χ1) is 10.1. The summed E-state index contributed by atoms with van der Waals surface area (Å²) in [6.07, 6.45) is 5.30. The van der Waals surface area contributed by atoms with Crippen LogP contribution in [0.25, 0.3) is 0 Å². The molecule has 0 spiro atoms. The summed E-state index contributed by atoms with van der Waals surface area (Å²) in [5.74, 6) is -0.161. The lowest BCUT2D eigenvalue weighted by Crippen LogP contribution is -2.43. The molecule has 0 heterocycles. The summed E-state index contributed by atoms with van der Waals surface area (Å²) in [5.41, 5.74) is 0.401. The second-order valence-corrected chi connectivity index (χ2v) is 5.32. The van der Waals surface area contributed by atoms with Gasteiger partial charge in [0, 0.05) is 30.3 Å². The third-order valence-electron chi connectivity index (χ3n) is 3.94. The third kappa shape index (κ3) is 3.78. The zero-order valence-corrected chi connectivity index (χ0v) is 11.9. The maximum Gasteiger partial charge on any atom is 0.269 e. The Kier molecular flexibility index (Phi) is 5.27. The van der Waals surface area contributed by atoms with Crippen molar-refractivity contribution in [2.45, 2.75) is 38.1 Å². The molecule has 0 radical (unpaired) electrons. The average molecular weight is 292 g/mol. The quantitative estimate of drug-likeness (QED) is 0.667. The predicted molar refractivity (Wildman–Crippen MR) is 78.1 cm³/mol. The number of nitrogens with zero attached hydrogens (tertiary/aromatic N) is 2. The largest absolute Gasteiger partial charge is 0.395 e. The highest BCUT2D eigenvalue weighted by atomic mass is 16.6. The van der Waals surface area contributed by atoms with Crippen LogP contribution < -0.4 is 0 Å². The van der Waals surface area contributed by atoms with E-state index in [1.807, 2.05) is 0 Å². The van der Waals surface area contributed by atoms with Crippen LogP contribution in [-0.2, 0) is 0 Å². The van der Waals surface area contributed by atoms with Crippen LogP contribution in [0.2, 0.25) is 0 Å². The molecule has 1 amide bonds. The number of aliphatic hydroxyl groups excluding tert-OH is 1. The number of carbonyl (C=O) groups excluding carboxylic acids is 1. The van der Waals surface area contributed by atoms with E-state index in [4.69, 9.17) is 0 Å². The van der Waals surface area contributed by atoms with Gasteiger partial charge in [0.1, 0.15) is 0 Å². The van der Waals surface area contributed by atoms with Gasteiger partial charge in [-0.3, -0.25) is 14.9 Å². The van der Waals surface area contributed by atoms with Gasteiger partial charge in [-0.15, -0.1) is 0 Å². The number of hydrogen-bond donors (Lipinski definition) is 1. The van der Waals surface area contributed by atoms with Crippen molar-refractivity contribution in [3.05, 3.63) is 39.9 Å². The summed E-state index contributed by atoms with van der Waals surface area (Å²) in [7, 11) is 0. The van der Waals surface area contributed by atoms with Crippen LogP contribution in [0.3, 0.4) is 0 Å². The first-order valence-electron chi connectivity index (χ1n) is 7.30. The Morgan fingerprint density at radius 1 is 1.24 bits per heavy atom. The number of carbonyl (C=O) groups is 1. The molecular weight excluding hydrogens is 272 g/mol. The van der Waals surface area contributed by atoms with E-state index in [1.54, 1.807) is 4.90 Å². The predicted octanol–water partition coefficient (Wildman–Crippen LogP) is 2.36. The van der Waals surface area contributed by atoms with Crippen LogP contribution in [0.4, 0.5) is 5.69 Å². The normalized spacial score (nSPS) is 15.7. The molecule has 1 aliphatic rings. The van der Waals surface area contributed by atoms with Gasteiger partial charge in [-0.2, -0.15) is 0 Å². The van der Waals surface area contributed by atoms with E-state index < -0.39 is 4.92 Å². The Morgan fingerprint density at radius 2 is 1.86 bits per heavy atom. The van der Waals surface area contributed by atoms with Gasteiger partial charge < -0.3 is 10.0 Å². The minimum Gasteiger partial charge on any atom is -0.395 e. The van der Waals surface area contributed by atoms with Gasteiger partial charge in [0.2, 0.25) is 0 Å². The molecule has 0 aromatic heterocycles. The van der Waals surface area contributed by atoms with Crippen molar-refractivity contribution in [3.8, 4) is 0 Å². The zero-order valence-electron chi connectivity index (χ0n) is 11.9. The Hall–Kier alpha value is -1.95. The highest BCUT2D eigenvalue weighted by Gasteiger charge is 2.26. The van der Waals surface area contributed by atoms with E-state index in [9.17, 15) is 20.0 Å². The van der Waals surface area contributed by atoms with Gasteiger partial charge in [0.05, 0.1) is 11.5 Å². The van der Waals surface area contributed by atoms with Crippen LogP contribution in [-0.4, -0.2) is 40.0 Å². The van der Waals surface area contributed by atoms with Crippen LogP contribution >= 0.6 is 0 Å². The van der Waals surface area contributed by atoms with E-state index in [2.05, 4.69) is 0 Å². The molecule has 1 fully saturated rings. The van der Waals surface area contributed by atoms with Crippen molar-refractivity contribution in [2.75, 3.05) is 13.2 Å². The maximum atomic E-state index is 12.6. The van der Waals surface area contributed by atoms with E-state index in [0.29, 0.717) is 12.1 Å². The zero-order chi connectivity index (χ0) is 15.2. The van der Waals surface area contributed by atoms with Crippen molar-refractivity contribution in [1.29, 1.82) is 0 Å². The summed E-state index contributed by atoms with van der Waals surface area (Å²) in [5, 5.41) is 19.8. The van der Waals surface area contributed by atoms with Gasteiger partial charge in [0.25, 0.3) is 11.6 Å². The average Bonchev–Trinajstić information content (AvgIpc) is 2.53. The number of benzene rings is 1. The van der Waals surface area contributed by atoms with Gasteiger partial charge in [0.15, 0.2) is 0 Å². The summed E-state index contributed by atoms with van der Waals surface area (Å²) in [4.78, 5) is 24.4. The van der Waals surface area contributed by atoms with Crippen molar-refractivity contribution in [1.82, 2.24) is 4.90 Å². The van der Waals surface area contributed by atoms with Crippen LogP contribution in [0.5, 0.6) is 0 Å². The van der Waals surface area contributed by atoms with Crippen LogP contribution in [0, 0.1) is 10.1 Å². The van der Waals surface area contributed by atoms with E-state index in [1.165, 1.54) is 30.7 Å². The molecule has 6 heteroatoms. The first-order valence-corrected chi connectivity index (χ1v) is 7.30. The molecule has 6 nitrogen and oxygen atoms in total. The third-order valence-corrected chi connectivity index (χ3v) is 3.94. The molecule has 21 heavy (non-hydrogen) atoms. The molecule has 0 aliphatic heterocycles. The lowest BCUT2D eigenvalue weighted by Gasteiger charge is -2.34. The van der Waals surface area contributed by atoms with Gasteiger partial charge in [-0.05, 0) is 25.0 Å². The first kappa shape index (κ1) is 15.4. The minimum absolute atomic E-state index is 0.0297. The molecule has 1 aliphatic carbocycles. The van der Waals surface area contributed by atoms with E-state index >= 15 is 0 Å². The van der Waals surface area contributed by atoms with Crippen LogP contribution in [0.1, 0.15) is 42.5 Å². The van der Waals surface area contributed by atoms with Gasteiger partial charge in [-0.1, -0.05) is 19.3 Å². The number of non-ortho nitro benzene ring substituents is 1. The lowest BCUT2D eigenvalue weighted by molar-refractivity contribution is -0.384. The minimum atomic E-state index is -0.485. The fraction of sp³-hybridized carbons (Fsp3) is 0.533. The second-order valence-electron chi connectivity index (χ2n) is 5.32. The SMILES string of the molecule is O=C(c1ccc([N+](=O)[O-])cc1)N(CCO)C1CCCCC1. The molecule has 2 rings (SSSR count). The molecule has 114 valence electrons. The molecule has 1 aromatic carbocycles. The molecule has 0 bridgehead atoms. The topological polar surface area (TPSA) is 83.7 Å². The summed E-state index contributed by atoms with van der Waals surface area (Å²) in [6.45, 7) is 0.232. The second kappa shape index (κ2) is 7.17. The number of rotatable bonds is 5. The van der Waals surface area contributed by atoms with E-state index in [0.717, 1.165) is 25.7 Å². The van der Waals surface area contributed by atoms with Gasteiger partial charge >= 0.3 is 0 Å².